The summed E-state index contributed by atoms with van der Waals surface area (Å²) in [5.74, 6) is -3.18. The summed E-state index contributed by atoms with van der Waals surface area (Å²) >= 11 is 3.24. The highest BCUT2D eigenvalue weighted by molar-refractivity contribution is 9.10. The van der Waals surface area contributed by atoms with E-state index in [0.29, 0.717) is 10.2 Å². The minimum atomic E-state index is -1.52. The van der Waals surface area contributed by atoms with Crippen molar-refractivity contribution in [2.45, 2.75) is 6.04 Å². The zero-order valence-electron chi connectivity index (χ0n) is 10.1. The molecule has 0 heterocycles. The Hall–Kier alpha value is -1.95. The third kappa shape index (κ3) is 2.96. The fourth-order valence-electron chi connectivity index (χ4n) is 1.78. The van der Waals surface area contributed by atoms with Crippen molar-refractivity contribution in [1.82, 2.24) is 0 Å². The van der Waals surface area contributed by atoms with Gasteiger partial charge in [-0.1, -0.05) is 18.2 Å². The Balaban J connectivity index is 2.43. The molecule has 3 nitrogen and oxygen atoms in total. The van der Waals surface area contributed by atoms with Gasteiger partial charge in [-0.3, -0.25) is 0 Å². The molecule has 0 aromatic heterocycles. The van der Waals surface area contributed by atoms with Crippen molar-refractivity contribution in [1.29, 1.82) is 0 Å². The smallest absolute Gasteiger partial charge is 0.331 e. The predicted molar refractivity (Wildman–Crippen MR) is 74.5 cm³/mol. The largest absolute Gasteiger partial charge is 0.479 e. The van der Waals surface area contributed by atoms with Crippen LogP contribution < -0.4 is 5.32 Å². The van der Waals surface area contributed by atoms with Gasteiger partial charge in [-0.05, 0) is 40.2 Å². The van der Waals surface area contributed by atoms with Crippen LogP contribution in [-0.4, -0.2) is 11.1 Å². The number of benzene rings is 2. The maximum Gasteiger partial charge on any atom is 0.331 e. The minimum absolute atomic E-state index is 0.433. The van der Waals surface area contributed by atoms with Crippen molar-refractivity contribution in [3.63, 3.8) is 0 Å². The predicted octanol–water partition coefficient (Wildman–Crippen LogP) is 3.97. The van der Waals surface area contributed by atoms with E-state index >= 15 is 0 Å². The lowest BCUT2D eigenvalue weighted by atomic mass is 10.1. The number of para-hydroxylation sites is 1. The number of carboxylic acids is 1. The summed E-state index contributed by atoms with van der Waals surface area (Å²) in [7, 11) is 0. The van der Waals surface area contributed by atoms with Gasteiger partial charge in [0.05, 0.1) is 5.56 Å². The number of anilines is 1. The van der Waals surface area contributed by atoms with Gasteiger partial charge in [0.15, 0.2) is 6.04 Å². The number of halogens is 3. The lowest BCUT2D eigenvalue weighted by Crippen LogP contribution is -2.23. The highest BCUT2D eigenvalue weighted by Gasteiger charge is 2.27. The van der Waals surface area contributed by atoms with Gasteiger partial charge >= 0.3 is 5.97 Å². The molecule has 0 amide bonds. The molecular formula is C14H10BrF2NO2. The third-order valence-electron chi connectivity index (χ3n) is 2.71. The molecular weight excluding hydrogens is 332 g/mol. The fraction of sp³-hybridized carbons (Fsp3) is 0.0714. The first-order valence-corrected chi connectivity index (χ1v) is 6.48. The van der Waals surface area contributed by atoms with E-state index in [1.807, 2.05) is 0 Å². The van der Waals surface area contributed by atoms with Gasteiger partial charge in [0.1, 0.15) is 11.6 Å². The zero-order chi connectivity index (χ0) is 14.7. The van der Waals surface area contributed by atoms with Crippen molar-refractivity contribution in [3.05, 3.63) is 64.1 Å². The molecule has 1 atom stereocenters. The Morgan fingerprint density at radius 1 is 1.10 bits per heavy atom. The lowest BCUT2D eigenvalue weighted by molar-refractivity contribution is -0.138. The van der Waals surface area contributed by atoms with E-state index in [0.717, 1.165) is 12.1 Å². The fourth-order valence-corrected chi connectivity index (χ4v) is 2.18. The Labute approximate surface area is 122 Å². The van der Waals surface area contributed by atoms with Gasteiger partial charge in [-0.15, -0.1) is 0 Å². The van der Waals surface area contributed by atoms with Gasteiger partial charge in [-0.2, -0.15) is 0 Å². The quantitative estimate of drug-likeness (QED) is 0.884. The molecule has 0 saturated heterocycles. The van der Waals surface area contributed by atoms with Crippen molar-refractivity contribution in [2.75, 3.05) is 5.32 Å². The van der Waals surface area contributed by atoms with E-state index in [1.165, 1.54) is 6.07 Å². The first kappa shape index (κ1) is 14.5. The molecule has 1 unspecified atom stereocenters. The maximum atomic E-state index is 13.7. The van der Waals surface area contributed by atoms with Crippen LogP contribution in [-0.2, 0) is 4.79 Å². The molecule has 0 aliphatic carbocycles. The second-order valence-electron chi connectivity index (χ2n) is 4.03. The van der Waals surface area contributed by atoms with Crippen LogP contribution in [0.15, 0.2) is 46.9 Å². The summed E-state index contributed by atoms with van der Waals surface area (Å²) in [5.41, 5.74) is -0.0849. The Morgan fingerprint density at radius 3 is 2.25 bits per heavy atom. The van der Waals surface area contributed by atoms with E-state index in [2.05, 4.69) is 21.2 Å². The number of carbonyl (C=O) groups is 1. The van der Waals surface area contributed by atoms with Crippen LogP contribution in [0.5, 0.6) is 0 Å². The van der Waals surface area contributed by atoms with E-state index in [1.54, 1.807) is 24.3 Å². The SMILES string of the molecule is O=C(O)C(Nc1ccccc1Br)c1c(F)cccc1F. The molecule has 0 aliphatic heterocycles. The molecule has 6 heteroatoms. The van der Waals surface area contributed by atoms with Gasteiger partial charge in [0.25, 0.3) is 0 Å². The number of hydrogen-bond acceptors (Lipinski definition) is 2. The lowest BCUT2D eigenvalue weighted by Gasteiger charge is -2.18. The molecule has 0 fully saturated rings. The molecule has 20 heavy (non-hydrogen) atoms. The molecule has 0 spiro atoms. The van der Waals surface area contributed by atoms with Crippen LogP contribution in [0.1, 0.15) is 11.6 Å². The van der Waals surface area contributed by atoms with Crippen LogP contribution in [0.4, 0.5) is 14.5 Å². The number of hydrogen-bond donors (Lipinski definition) is 2. The molecule has 0 saturated carbocycles. The first-order valence-electron chi connectivity index (χ1n) is 5.68. The van der Waals surface area contributed by atoms with Crippen LogP contribution in [0.2, 0.25) is 0 Å². The summed E-state index contributed by atoms with van der Waals surface area (Å²) in [6.45, 7) is 0. The van der Waals surface area contributed by atoms with Crippen molar-refractivity contribution >= 4 is 27.6 Å². The average Bonchev–Trinajstić information content (AvgIpc) is 2.39. The van der Waals surface area contributed by atoms with Gasteiger partial charge in [0.2, 0.25) is 0 Å². The summed E-state index contributed by atoms with van der Waals surface area (Å²) in [6.07, 6.45) is 0. The maximum absolute atomic E-state index is 13.7. The first-order chi connectivity index (χ1) is 9.50. The number of aliphatic carboxylic acids is 1. The monoisotopic (exact) mass is 341 g/mol. The van der Waals surface area contributed by atoms with Crippen LogP contribution in [0, 0.1) is 11.6 Å². The summed E-state index contributed by atoms with van der Waals surface area (Å²) in [4.78, 5) is 11.3. The second kappa shape index (κ2) is 6.00. The Morgan fingerprint density at radius 2 is 1.70 bits per heavy atom. The van der Waals surface area contributed by atoms with Gasteiger partial charge in [0, 0.05) is 10.2 Å². The molecule has 104 valence electrons. The van der Waals surface area contributed by atoms with E-state index in [9.17, 15) is 18.7 Å². The Kier molecular flexibility index (Phi) is 4.34. The second-order valence-corrected chi connectivity index (χ2v) is 4.89. The van der Waals surface area contributed by atoms with Crippen molar-refractivity contribution in [2.24, 2.45) is 0 Å². The standard InChI is InChI=1S/C14H10BrF2NO2/c15-8-4-1-2-7-11(8)18-13(14(19)20)12-9(16)5-3-6-10(12)17/h1-7,13,18H,(H,19,20). The van der Waals surface area contributed by atoms with Gasteiger partial charge < -0.3 is 10.4 Å². The van der Waals surface area contributed by atoms with Crippen LogP contribution in [0.25, 0.3) is 0 Å². The number of rotatable bonds is 4. The molecule has 2 aromatic rings. The summed E-state index contributed by atoms with van der Waals surface area (Å²) in [6, 6.07) is 8.45. The molecule has 2 aromatic carbocycles. The molecule has 2 rings (SSSR count). The number of carboxylic acid groups (broad SMARTS) is 1. The van der Waals surface area contributed by atoms with Crippen molar-refractivity contribution in [3.8, 4) is 0 Å². The Bertz CT molecular complexity index is 629. The third-order valence-corrected chi connectivity index (χ3v) is 3.40. The normalized spacial score (nSPS) is 11.9. The summed E-state index contributed by atoms with van der Waals surface area (Å²) in [5, 5.41) is 11.8. The van der Waals surface area contributed by atoms with Crippen LogP contribution in [0.3, 0.4) is 0 Å². The van der Waals surface area contributed by atoms with Crippen LogP contribution >= 0.6 is 15.9 Å². The molecule has 0 aliphatic rings. The average molecular weight is 342 g/mol. The van der Waals surface area contributed by atoms with E-state index < -0.39 is 29.2 Å². The van der Waals surface area contributed by atoms with Gasteiger partial charge in [-0.25, -0.2) is 13.6 Å². The topological polar surface area (TPSA) is 49.3 Å². The highest BCUT2D eigenvalue weighted by Crippen LogP contribution is 2.29. The highest BCUT2D eigenvalue weighted by atomic mass is 79.9. The van der Waals surface area contributed by atoms with E-state index in [4.69, 9.17) is 0 Å². The summed E-state index contributed by atoms with van der Waals surface area (Å²) < 4.78 is 28.0. The molecule has 0 bridgehead atoms. The zero-order valence-corrected chi connectivity index (χ0v) is 11.7. The minimum Gasteiger partial charge on any atom is -0.479 e. The van der Waals surface area contributed by atoms with E-state index in [-0.39, 0.29) is 0 Å². The van der Waals surface area contributed by atoms with Crippen molar-refractivity contribution < 1.29 is 18.7 Å². The molecule has 2 N–H and O–H groups in total. The molecule has 0 radical (unpaired) electrons. The number of nitrogens with one attached hydrogen (secondary N) is 1.